The molecule has 1 aromatic heterocycles. The second-order valence-electron chi connectivity index (χ2n) is 4.53. The minimum absolute atomic E-state index is 0.00162. The Morgan fingerprint density at radius 3 is 2.89 bits per heavy atom. The fourth-order valence-electron chi connectivity index (χ4n) is 2.17. The summed E-state index contributed by atoms with van der Waals surface area (Å²) in [5, 5.41) is 13.4. The van der Waals surface area contributed by atoms with Crippen molar-refractivity contribution in [2.24, 2.45) is 0 Å². The Bertz CT molecular complexity index is 437. The van der Waals surface area contributed by atoms with E-state index in [0.29, 0.717) is 19.0 Å². The highest BCUT2D eigenvalue weighted by Crippen LogP contribution is 2.17. The number of hydrogen-bond acceptors (Lipinski definition) is 4. The predicted molar refractivity (Wildman–Crippen MR) is 63.9 cm³/mol. The normalized spacial score (nSPS) is 15.8. The van der Waals surface area contributed by atoms with Gasteiger partial charge in [-0.05, 0) is 22.7 Å². The van der Waals surface area contributed by atoms with Gasteiger partial charge in [-0.15, -0.1) is 0 Å². The summed E-state index contributed by atoms with van der Waals surface area (Å²) in [4.78, 5) is 25.1. The van der Waals surface area contributed by atoms with Gasteiger partial charge in [0, 0.05) is 19.0 Å². The molecule has 7 nitrogen and oxygen atoms in total. The lowest BCUT2D eigenvalue weighted by Gasteiger charge is -2.11. The SMILES string of the molecule is O=C(CCn1cnc([N+](=O)[O-])c1)NC1CCCC1. The van der Waals surface area contributed by atoms with Crippen LogP contribution < -0.4 is 5.32 Å². The van der Waals surface area contributed by atoms with Crippen LogP contribution in [0.4, 0.5) is 5.82 Å². The minimum Gasteiger partial charge on any atom is -0.358 e. The molecule has 1 saturated carbocycles. The van der Waals surface area contributed by atoms with Gasteiger partial charge in [-0.1, -0.05) is 12.8 Å². The first-order valence-corrected chi connectivity index (χ1v) is 6.10. The zero-order valence-corrected chi connectivity index (χ0v) is 10.0. The molecule has 0 bridgehead atoms. The molecule has 0 aromatic carbocycles. The molecule has 1 fully saturated rings. The van der Waals surface area contributed by atoms with Crippen molar-refractivity contribution in [3.05, 3.63) is 22.6 Å². The smallest absolute Gasteiger partial charge is 0.358 e. The lowest BCUT2D eigenvalue weighted by molar-refractivity contribution is -0.389. The first kappa shape index (κ1) is 12.5. The van der Waals surface area contributed by atoms with E-state index in [4.69, 9.17) is 0 Å². The number of nitrogens with zero attached hydrogens (tertiary/aromatic N) is 3. The molecule has 0 atom stereocenters. The van der Waals surface area contributed by atoms with Gasteiger partial charge in [0.05, 0.1) is 0 Å². The van der Waals surface area contributed by atoms with Gasteiger partial charge < -0.3 is 20.0 Å². The summed E-state index contributed by atoms with van der Waals surface area (Å²) in [6, 6.07) is 0.314. The lowest BCUT2D eigenvalue weighted by Crippen LogP contribution is -2.33. The first-order chi connectivity index (χ1) is 8.65. The molecular formula is C11H16N4O3. The molecule has 1 amide bonds. The van der Waals surface area contributed by atoms with E-state index in [1.54, 1.807) is 4.57 Å². The van der Waals surface area contributed by atoms with Crippen LogP contribution in [0.15, 0.2) is 12.5 Å². The number of carbonyl (C=O) groups excluding carboxylic acids is 1. The number of aryl methyl sites for hydroxylation is 1. The van der Waals surface area contributed by atoms with Gasteiger partial charge in [-0.25, -0.2) is 0 Å². The van der Waals surface area contributed by atoms with Crippen molar-refractivity contribution in [2.75, 3.05) is 0 Å². The van der Waals surface area contributed by atoms with Gasteiger partial charge >= 0.3 is 5.82 Å². The molecule has 2 rings (SSSR count). The van der Waals surface area contributed by atoms with Crippen LogP contribution in [0.25, 0.3) is 0 Å². The quantitative estimate of drug-likeness (QED) is 0.630. The summed E-state index contributed by atoms with van der Waals surface area (Å²) in [5.41, 5.74) is 0. The number of nitro groups is 1. The van der Waals surface area contributed by atoms with Gasteiger partial charge in [-0.3, -0.25) is 4.79 Å². The minimum atomic E-state index is -0.547. The summed E-state index contributed by atoms with van der Waals surface area (Å²) < 4.78 is 1.56. The number of rotatable bonds is 5. The number of amides is 1. The fraction of sp³-hybridized carbons (Fsp3) is 0.636. The van der Waals surface area contributed by atoms with E-state index in [1.807, 2.05) is 0 Å². The van der Waals surface area contributed by atoms with Crippen molar-refractivity contribution in [3.63, 3.8) is 0 Å². The molecule has 1 aliphatic carbocycles. The van der Waals surface area contributed by atoms with Crippen molar-refractivity contribution in [2.45, 2.75) is 44.7 Å². The molecule has 1 aliphatic rings. The third-order valence-electron chi connectivity index (χ3n) is 3.12. The number of nitrogens with one attached hydrogen (secondary N) is 1. The maximum atomic E-state index is 11.6. The van der Waals surface area contributed by atoms with E-state index in [1.165, 1.54) is 25.4 Å². The zero-order chi connectivity index (χ0) is 13.0. The van der Waals surface area contributed by atoms with Gasteiger partial charge in [-0.2, -0.15) is 0 Å². The molecule has 0 unspecified atom stereocenters. The third-order valence-corrected chi connectivity index (χ3v) is 3.12. The Kier molecular flexibility index (Phi) is 3.91. The molecule has 1 heterocycles. The van der Waals surface area contributed by atoms with E-state index >= 15 is 0 Å². The molecule has 0 saturated heterocycles. The Morgan fingerprint density at radius 2 is 2.28 bits per heavy atom. The molecular weight excluding hydrogens is 236 g/mol. The molecule has 18 heavy (non-hydrogen) atoms. The second-order valence-corrected chi connectivity index (χ2v) is 4.53. The van der Waals surface area contributed by atoms with E-state index in [-0.39, 0.29) is 11.7 Å². The van der Waals surface area contributed by atoms with Gasteiger partial charge in [0.25, 0.3) is 0 Å². The van der Waals surface area contributed by atoms with Crippen molar-refractivity contribution >= 4 is 11.7 Å². The van der Waals surface area contributed by atoms with E-state index in [2.05, 4.69) is 10.3 Å². The van der Waals surface area contributed by atoms with E-state index < -0.39 is 4.92 Å². The highest BCUT2D eigenvalue weighted by atomic mass is 16.6. The molecule has 98 valence electrons. The van der Waals surface area contributed by atoms with Crippen molar-refractivity contribution in [1.29, 1.82) is 0 Å². The van der Waals surface area contributed by atoms with Crippen molar-refractivity contribution in [3.8, 4) is 0 Å². The van der Waals surface area contributed by atoms with Crippen LogP contribution in [0.3, 0.4) is 0 Å². The largest absolute Gasteiger partial charge is 0.381 e. The zero-order valence-electron chi connectivity index (χ0n) is 10.0. The molecule has 1 N–H and O–H groups in total. The van der Waals surface area contributed by atoms with Gasteiger partial charge in [0.1, 0.15) is 6.20 Å². The maximum absolute atomic E-state index is 11.6. The van der Waals surface area contributed by atoms with Crippen LogP contribution in [-0.2, 0) is 11.3 Å². The Balaban J connectivity index is 1.76. The maximum Gasteiger partial charge on any atom is 0.381 e. The second kappa shape index (κ2) is 5.61. The van der Waals surface area contributed by atoms with Gasteiger partial charge in [0.15, 0.2) is 0 Å². The highest BCUT2D eigenvalue weighted by Gasteiger charge is 2.17. The third kappa shape index (κ3) is 3.28. The topological polar surface area (TPSA) is 90.1 Å². The fourth-order valence-corrected chi connectivity index (χ4v) is 2.17. The highest BCUT2D eigenvalue weighted by molar-refractivity contribution is 5.76. The molecule has 1 aromatic rings. The molecule has 0 spiro atoms. The summed E-state index contributed by atoms with van der Waals surface area (Å²) in [5.74, 6) is -0.190. The Labute approximate surface area is 104 Å². The summed E-state index contributed by atoms with van der Waals surface area (Å²) in [7, 11) is 0. The first-order valence-electron chi connectivity index (χ1n) is 6.10. The molecule has 0 aliphatic heterocycles. The average molecular weight is 252 g/mol. The summed E-state index contributed by atoms with van der Waals surface area (Å²) in [6.45, 7) is 0.416. The van der Waals surface area contributed by atoms with Crippen LogP contribution in [0.5, 0.6) is 0 Å². The summed E-state index contributed by atoms with van der Waals surface area (Å²) >= 11 is 0. The van der Waals surface area contributed by atoms with E-state index in [9.17, 15) is 14.9 Å². The van der Waals surface area contributed by atoms with Crippen LogP contribution in [0, 0.1) is 10.1 Å². The number of carbonyl (C=O) groups is 1. The number of aromatic nitrogens is 2. The molecule has 7 heteroatoms. The summed E-state index contributed by atoms with van der Waals surface area (Å²) in [6.07, 6.45) is 7.51. The average Bonchev–Trinajstić information content (AvgIpc) is 2.96. The van der Waals surface area contributed by atoms with Crippen molar-refractivity contribution < 1.29 is 9.72 Å². The number of imidazole rings is 1. The predicted octanol–water partition coefficient (Wildman–Crippen LogP) is 1.24. The van der Waals surface area contributed by atoms with Crippen LogP contribution in [0.1, 0.15) is 32.1 Å². The van der Waals surface area contributed by atoms with E-state index in [0.717, 1.165) is 12.8 Å². The number of hydrogen-bond donors (Lipinski definition) is 1. The van der Waals surface area contributed by atoms with Gasteiger partial charge in [0.2, 0.25) is 12.2 Å². The Hall–Kier alpha value is -1.92. The van der Waals surface area contributed by atoms with Crippen LogP contribution in [0.2, 0.25) is 0 Å². The monoisotopic (exact) mass is 252 g/mol. The van der Waals surface area contributed by atoms with Crippen LogP contribution >= 0.6 is 0 Å². The van der Waals surface area contributed by atoms with Crippen LogP contribution in [-0.4, -0.2) is 26.4 Å². The lowest BCUT2D eigenvalue weighted by atomic mass is 10.2. The Morgan fingerprint density at radius 1 is 1.56 bits per heavy atom. The molecule has 0 radical (unpaired) electrons. The standard InChI is InChI=1S/C11H16N4O3/c16-11(13-9-3-1-2-4-9)5-6-14-7-10(12-8-14)15(17)18/h7-9H,1-6H2,(H,13,16). The van der Waals surface area contributed by atoms with Crippen molar-refractivity contribution in [1.82, 2.24) is 14.9 Å².